The van der Waals surface area contributed by atoms with Crippen LogP contribution in [-0.2, 0) is 0 Å². The van der Waals surface area contributed by atoms with E-state index in [1.807, 2.05) is 0 Å². The molecule has 0 fully saturated rings. The number of anilines is 1. The fourth-order valence-corrected chi connectivity index (χ4v) is 1.97. The Hall–Kier alpha value is -2.80. The van der Waals surface area contributed by atoms with Gasteiger partial charge in [-0.2, -0.15) is 0 Å². The number of aromatic amines is 2. The molecule has 3 N–H and O–H groups in total. The number of hydrogen-bond donors (Lipinski definition) is 3. The van der Waals surface area contributed by atoms with E-state index in [1.54, 1.807) is 12.1 Å². The number of benzene rings is 1. The smallest absolute Gasteiger partial charge is 0.314 e. The van der Waals surface area contributed by atoms with Gasteiger partial charge in [0, 0.05) is 5.69 Å². The monoisotopic (exact) mass is 305 g/mol. The Kier molecular flexibility index (Phi) is 3.11. The lowest BCUT2D eigenvalue weighted by Gasteiger charge is -2.04. The number of H-pyrrole nitrogens is 2. The minimum Gasteiger partial charge on any atom is -0.440 e. The molecule has 2 aromatic heterocycles. The van der Waals surface area contributed by atoms with Crippen molar-refractivity contribution >= 4 is 34.2 Å². The minimum atomic E-state index is -0.760. The first-order valence-corrected chi connectivity index (χ1v) is 6.24. The third-order valence-electron chi connectivity index (χ3n) is 2.78. The number of rotatable bonds is 2. The highest BCUT2D eigenvalue weighted by molar-refractivity contribution is 6.29. The summed E-state index contributed by atoms with van der Waals surface area (Å²) >= 11 is 5.60. The Morgan fingerprint density at radius 1 is 1.05 bits per heavy atom. The second-order valence-electron chi connectivity index (χ2n) is 4.23. The van der Waals surface area contributed by atoms with Crippen LogP contribution in [0, 0.1) is 0 Å². The molecule has 0 unspecified atom stereocenters. The van der Waals surface area contributed by atoms with Gasteiger partial charge in [0.1, 0.15) is 0 Å². The number of furan rings is 1. The van der Waals surface area contributed by atoms with E-state index in [0.717, 1.165) is 0 Å². The summed E-state index contributed by atoms with van der Waals surface area (Å²) in [5, 5.41) is 2.70. The molecule has 2 heterocycles. The van der Waals surface area contributed by atoms with E-state index in [9.17, 15) is 14.4 Å². The molecule has 21 heavy (non-hydrogen) atoms. The number of halogens is 1. The van der Waals surface area contributed by atoms with E-state index in [4.69, 9.17) is 16.0 Å². The first kappa shape index (κ1) is 13.2. The van der Waals surface area contributed by atoms with E-state index < -0.39 is 17.0 Å². The van der Waals surface area contributed by atoms with Gasteiger partial charge in [-0.15, -0.1) is 0 Å². The summed E-state index contributed by atoms with van der Waals surface area (Å²) in [6.07, 6.45) is 0. The maximum Gasteiger partial charge on any atom is 0.314 e. The predicted molar refractivity (Wildman–Crippen MR) is 76.9 cm³/mol. The van der Waals surface area contributed by atoms with Gasteiger partial charge in [-0.05, 0) is 41.9 Å². The van der Waals surface area contributed by atoms with Crippen LogP contribution in [0.2, 0.25) is 5.22 Å². The summed E-state index contributed by atoms with van der Waals surface area (Å²) in [4.78, 5) is 39.2. The number of fused-ring (bicyclic) bond motifs is 1. The Morgan fingerprint density at radius 3 is 2.43 bits per heavy atom. The lowest BCUT2D eigenvalue weighted by molar-refractivity contribution is 0.0997. The number of hydrogen-bond acceptors (Lipinski definition) is 4. The fraction of sp³-hybridized carbons (Fsp3) is 0. The van der Waals surface area contributed by atoms with Crippen molar-refractivity contribution in [3.63, 3.8) is 0 Å². The molecule has 7 nitrogen and oxygen atoms in total. The van der Waals surface area contributed by atoms with Gasteiger partial charge < -0.3 is 19.7 Å². The van der Waals surface area contributed by atoms with Crippen molar-refractivity contribution in [2.24, 2.45) is 0 Å². The third-order valence-corrected chi connectivity index (χ3v) is 2.98. The van der Waals surface area contributed by atoms with E-state index in [-0.39, 0.29) is 11.0 Å². The Labute approximate surface area is 121 Å². The summed E-state index contributed by atoms with van der Waals surface area (Å²) in [5.41, 5.74) is -0.204. The van der Waals surface area contributed by atoms with Crippen molar-refractivity contribution < 1.29 is 9.21 Å². The summed E-state index contributed by atoms with van der Waals surface area (Å²) in [7, 11) is 0. The molecule has 106 valence electrons. The van der Waals surface area contributed by atoms with Gasteiger partial charge in [-0.3, -0.25) is 14.4 Å². The summed E-state index contributed by atoms with van der Waals surface area (Å²) in [6, 6.07) is 7.57. The van der Waals surface area contributed by atoms with Crippen molar-refractivity contribution in [1.82, 2.24) is 9.97 Å². The van der Waals surface area contributed by atoms with Gasteiger partial charge in [-0.25, -0.2) is 0 Å². The zero-order chi connectivity index (χ0) is 15.0. The van der Waals surface area contributed by atoms with Gasteiger partial charge in [0.2, 0.25) is 0 Å². The fourth-order valence-electron chi connectivity index (χ4n) is 1.82. The van der Waals surface area contributed by atoms with Crippen molar-refractivity contribution in [1.29, 1.82) is 0 Å². The molecule has 8 heteroatoms. The van der Waals surface area contributed by atoms with E-state index >= 15 is 0 Å². The van der Waals surface area contributed by atoms with E-state index in [0.29, 0.717) is 16.7 Å². The Morgan fingerprint density at radius 2 is 1.76 bits per heavy atom. The van der Waals surface area contributed by atoms with Crippen LogP contribution < -0.4 is 16.4 Å². The van der Waals surface area contributed by atoms with Crippen molar-refractivity contribution in [2.75, 3.05) is 5.32 Å². The minimum absolute atomic E-state index is 0.0649. The SMILES string of the molecule is O=C(Nc1ccc2[nH]c(=O)c(=O)[nH]c2c1)c1ccc(Cl)o1. The molecule has 0 saturated carbocycles. The number of amides is 1. The zero-order valence-corrected chi connectivity index (χ0v) is 11.2. The molecule has 0 aliphatic heterocycles. The average Bonchev–Trinajstić information content (AvgIpc) is 2.87. The molecule has 3 aromatic rings. The lowest BCUT2D eigenvalue weighted by Crippen LogP contribution is -2.28. The lowest BCUT2D eigenvalue weighted by atomic mass is 10.2. The molecule has 3 rings (SSSR count). The summed E-state index contributed by atoms with van der Waals surface area (Å²) < 4.78 is 4.99. The second-order valence-corrected chi connectivity index (χ2v) is 4.60. The van der Waals surface area contributed by atoms with Gasteiger partial charge in [0.25, 0.3) is 5.91 Å². The molecular formula is C13H8ClN3O4. The van der Waals surface area contributed by atoms with Crippen molar-refractivity contribution in [2.45, 2.75) is 0 Å². The molecule has 0 aliphatic rings. The number of nitrogens with one attached hydrogen (secondary N) is 3. The highest BCUT2D eigenvalue weighted by atomic mass is 35.5. The second kappa shape index (κ2) is 4.95. The van der Waals surface area contributed by atoms with Gasteiger partial charge >= 0.3 is 11.1 Å². The molecule has 0 aliphatic carbocycles. The highest BCUT2D eigenvalue weighted by Gasteiger charge is 2.11. The molecule has 0 radical (unpaired) electrons. The van der Waals surface area contributed by atoms with Crippen LogP contribution in [0.1, 0.15) is 10.6 Å². The molecule has 1 aromatic carbocycles. The van der Waals surface area contributed by atoms with Crippen LogP contribution in [0.25, 0.3) is 11.0 Å². The maximum atomic E-state index is 11.9. The largest absolute Gasteiger partial charge is 0.440 e. The zero-order valence-electron chi connectivity index (χ0n) is 10.4. The molecule has 0 saturated heterocycles. The normalized spacial score (nSPS) is 10.7. The van der Waals surface area contributed by atoms with Gasteiger partial charge in [0.15, 0.2) is 11.0 Å². The van der Waals surface area contributed by atoms with Gasteiger partial charge in [-0.1, -0.05) is 0 Å². The van der Waals surface area contributed by atoms with Crippen LogP contribution in [0.4, 0.5) is 5.69 Å². The third kappa shape index (κ3) is 2.59. The highest BCUT2D eigenvalue weighted by Crippen LogP contribution is 2.17. The van der Waals surface area contributed by atoms with Crippen molar-refractivity contribution in [3.8, 4) is 0 Å². The molecule has 0 atom stereocenters. The maximum absolute atomic E-state index is 11.9. The first-order chi connectivity index (χ1) is 10.0. The number of carbonyl (C=O) groups excluding carboxylic acids is 1. The average molecular weight is 306 g/mol. The molecular weight excluding hydrogens is 298 g/mol. The summed E-state index contributed by atoms with van der Waals surface area (Å²) in [5.74, 6) is -0.414. The number of carbonyl (C=O) groups is 1. The molecule has 0 spiro atoms. The van der Waals surface area contributed by atoms with E-state index in [1.165, 1.54) is 18.2 Å². The van der Waals surface area contributed by atoms with Crippen LogP contribution in [0.3, 0.4) is 0 Å². The summed E-state index contributed by atoms with van der Waals surface area (Å²) in [6.45, 7) is 0. The van der Waals surface area contributed by atoms with Crippen molar-refractivity contribution in [3.05, 3.63) is 62.0 Å². The topological polar surface area (TPSA) is 108 Å². The van der Waals surface area contributed by atoms with Crippen LogP contribution in [0.15, 0.2) is 44.3 Å². The standard InChI is InChI=1S/C13H8ClN3O4/c14-10-4-3-9(21-10)11(18)15-6-1-2-7-8(5-6)17-13(20)12(19)16-7/h1-5H,(H,15,18)(H,16,19)(H,17,20). The van der Waals surface area contributed by atoms with Crippen LogP contribution in [0.5, 0.6) is 0 Å². The van der Waals surface area contributed by atoms with Crippen LogP contribution in [-0.4, -0.2) is 15.9 Å². The quantitative estimate of drug-likeness (QED) is 0.626. The van der Waals surface area contributed by atoms with E-state index in [2.05, 4.69) is 15.3 Å². The van der Waals surface area contributed by atoms with Crippen LogP contribution >= 0.6 is 11.6 Å². The molecule has 0 bridgehead atoms. The molecule has 1 amide bonds. The number of aromatic nitrogens is 2. The van der Waals surface area contributed by atoms with Gasteiger partial charge in [0.05, 0.1) is 11.0 Å². The predicted octanol–water partition coefficient (Wildman–Crippen LogP) is 1.72. The Balaban J connectivity index is 1.94. The first-order valence-electron chi connectivity index (χ1n) is 5.86. The Bertz CT molecular complexity index is 954.